The smallest absolute Gasteiger partial charge is 0.404 e. The lowest BCUT2D eigenvalue weighted by atomic mass is 10.1. The Kier molecular flexibility index (Phi) is 5.06. The van der Waals surface area contributed by atoms with Crippen LogP contribution in [-0.4, -0.2) is 51.0 Å². The lowest BCUT2D eigenvalue weighted by Gasteiger charge is -2.12. The number of aromatic nitrogens is 4. The maximum Gasteiger partial charge on any atom is 0.404 e. The zero-order valence-electron chi connectivity index (χ0n) is 15.0. The number of hydrogen-bond donors (Lipinski definition) is 3. The van der Waals surface area contributed by atoms with Crippen molar-refractivity contribution in [2.45, 2.75) is 26.7 Å². The molecule has 3 rings (SSSR count). The summed E-state index contributed by atoms with van der Waals surface area (Å²) in [5, 5.41) is 22.7. The maximum absolute atomic E-state index is 10.4. The van der Waals surface area contributed by atoms with E-state index in [-0.39, 0.29) is 0 Å². The SMILES string of the molecule is COc1cc(C)c2c(c1)nc(NCCCCNC(=O)O)c1nnc(C)n12. The molecule has 26 heavy (non-hydrogen) atoms. The molecule has 0 spiro atoms. The van der Waals surface area contributed by atoms with E-state index in [0.717, 1.165) is 41.0 Å². The molecule has 0 atom stereocenters. The molecule has 0 fully saturated rings. The highest BCUT2D eigenvalue weighted by Crippen LogP contribution is 2.28. The number of nitrogens with one attached hydrogen (secondary N) is 2. The first-order chi connectivity index (χ1) is 12.5. The molecule has 1 aromatic carbocycles. The van der Waals surface area contributed by atoms with Gasteiger partial charge in [0.05, 0.1) is 18.1 Å². The number of rotatable bonds is 7. The number of amides is 1. The van der Waals surface area contributed by atoms with Gasteiger partial charge in [-0.15, -0.1) is 10.2 Å². The first-order valence-corrected chi connectivity index (χ1v) is 8.42. The fourth-order valence-electron chi connectivity index (χ4n) is 2.95. The van der Waals surface area contributed by atoms with Gasteiger partial charge in [-0.25, -0.2) is 9.78 Å². The quantitative estimate of drug-likeness (QED) is 0.556. The average molecular weight is 358 g/mol. The van der Waals surface area contributed by atoms with Gasteiger partial charge >= 0.3 is 6.09 Å². The van der Waals surface area contributed by atoms with E-state index in [1.54, 1.807) is 7.11 Å². The van der Waals surface area contributed by atoms with Crippen LogP contribution in [0.1, 0.15) is 24.2 Å². The summed E-state index contributed by atoms with van der Waals surface area (Å²) in [6.07, 6.45) is 0.539. The molecule has 0 saturated carbocycles. The van der Waals surface area contributed by atoms with Gasteiger partial charge in [0.1, 0.15) is 11.6 Å². The van der Waals surface area contributed by atoms with Crippen LogP contribution in [0.25, 0.3) is 16.7 Å². The van der Waals surface area contributed by atoms with Gasteiger partial charge in [0.25, 0.3) is 0 Å². The van der Waals surface area contributed by atoms with Crippen molar-refractivity contribution in [2.75, 3.05) is 25.5 Å². The monoisotopic (exact) mass is 358 g/mol. The van der Waals surface area contributed by atoms with Crippen LogP contribution in [-0.2, 0) is 0 Å². The number of aryl methyl sites for hydroxylation is 2. The van der Waals surface area contributed by atoms with Gasteiger partial charge in [0, 0.05) is 19.2 Å². The molecule has 2 heterocycles. The molecule has 3 aromatic rings. The van der Waals surface area contributed by atoms with Crippen LogP contribution >= 0.6 is 0 Å². The molecule has 9 nitrogen and oxygen atoms in total. The summed E-state index contributed by atoms with van der Waals surface area (Å²) >= 11 is 0. The zero-order valence-corrected chi connectivity index (χ0v) is 15.0. The van der Waals surface area contributed by atoms with Crippen molar-refractivity contribution in [2.24, 2.45) is 0 Å². The average Bonchev–Trinajstić information content (AvgIpc) is 2.99. The van der Waals surface area contributed by atoms with Crippen molar-refractivity contribution in [1.29, 1.82) is 0 Å². The third kappa shape index (κ3) is 3.46. The van der Waals surface area contributed by atoms with Gasteiger partial charge in [0.15, 0.2) is 5.82 Å². The number of benzene rings is 1. The zero-order chi connectivity index (χ0) is 18.7. The van der Waals surface area contributed by atoms with Gasteiger partial charge < -0.3 is 20.5 Å². The number of unbranched alkanes of at least 4 members (excludes halogenated alkanes) is 1. The summed E-state index contributed by atoms with van der Waals surface area (Å²) in [6.45, 7) is 5.00. The maximum atomic E-state index is 10.4. The van der Waals surface area contributed by atoms with Crippen molar-refractivity contribution in [3.8, 4) is 5.75 Å². The number of hydrogen-bond acceptors (Lipinski definition) is 6. The Morgan fingerprint density at radius 1 is 1.23 bits per heavy atom. The number of carboxylic acid groups (broad SMARTS) is 1. The minimum Gasteiger partial charge on any atom is -0.497 e. The molecule has 0 bridgehead atoms. The second kappa shape index (κ2) is 7.42. The van der Waals surface area contributed by atoms with Crippen molar-refractivity contribution >= 4 is 28.6 Å². The van der Waals surface area contributed by atoms with Gasteiger partial charge in [-0.05, 0) is 38.3 Å². The first-order valence-electron chi connectivity index (χ1n) is 8.42. The Labute approximate surface area is 150 Å². The van der Waals surface area contributed by atoms with E-state index in [9.17, 15) is 4.79 Å². The predicted molar refractivity (Wildman–Crippen MR) is 98.1 cm³/mol. The van der Waals surface area contributed by atoms with Gasteiger partial charge in [-0.2, -0.15) is 0 Å². The molecule has 0 saturated heterocycles. The summed E-state index contributed by atoms with van der Waals surface area (Å²) in [4.78, 5) is 15.1. The molecule has 0 aliphatic rings. The Hall–Kier alpha value is -3.10. The largest absolute Gasteiger partial charge is 0.497 e. The lowest BCUT2D eigenvalue weighted by Crippen LogP contribution is -2.22. The summed E-state index contributed by atoms with van der Waals surface area (Å²) in [5.74, 6) is 2.18. The Bertz CT molecular complexity index is 953. The molecular weight excluding hydrogens is 336 g/mol. The second-order valence-electron chi connectivity index (χ2n) is 6.04. The number of methoxy groups -OCH3 is 1. The van der Waals surface area contributed by atoms with E-state index < -0.39 is 6.09 Å². The van der Waals surface area contributed by atoms with Crippen molar-refractivity contribution in [3.63, 3.8) is 0 Å². The van der Waals surface area contributed by atoms with Crippen LogP contribution in [0.3, 0.4) is 0 Å². The predicted octanol–water partition coefficient (Wildman–Crippen LogP) is 2.36. The topological polar surface area (TPSA) is 114 Å². The summed E-state index contributed by atoms with van der Waals surface area (Å²) in [6, 6.07) is 3.86. The normalized spacial score (nSPS) is 11.0. The van der Waals surface area contributed by atoms with Crippen LogP contribution in [0.5, 0.6) is 5.75 Å². The van der Waals surface area contributed by atoms with E-state index in [0.29, 0.717) is 24.6 Å². The first kappa shape index (κ1) is 17.7. The summed E-state index contributed by atoms with van der Waals surface area (Å²) in [5.41, 5.74) is 3.46. The van der Waals surface area contributed by atoms with E-state index in [2.05, 4.69) is 20.8 Å². The minimum absolute atomic E-state index is 0.429. The van der Waals surface area contributed by atoms with E-state index in [1.807, 2.05) is 30.4 Å². The summed E-state index contributed by atoms with van der Waals surface area (Å²) < 4.78 is 7.35. The van der Waals surface area contributed by atoms with Crippen molar-refractivity contribution < 1.29 is 14.6 Å². The summed E-state index contributed by atoms with van der Waals surface area (Å²) in [7, 11) is 1.63. The number of ether oxygens (including phenoxy) is 1. The third-order valence-corrected chi connectivity index (χ3v) is 4.15. The van der Waals surface area contributed by atoms with Crippen molar-refractivity contribution in [3.05, 3.63) is 23.5 Å². The van der Waals surface area contributed by atoms with Gasteiger partial charge in [-0.3, -0.25) is 4.40 Å². The van der Waals surface area contributed by atoms with Gasteiger partial charge in [0.2, 0.25) is 5.65 Å². The molecule has 0 radical (unpaired) electrons. The molecular formula is C17H22N6O3. The minimum atomic E-state index is -1.00. The highest BCUT2D eigenvalue weighted by molar-refractivity contribution is 5.86. The fourth-order valence-corrected chi connectivity index (χ4v) is 2.95. The van der Waals surface area contributed by atoms with Crippen LogP contribution < -0.4 is 15.4 Å². The standard InChI is InChI=1S/C17H22N6O3/c1-10-8-12(26-3)9-13-14(10)23-11(2)21-22-16(23)15(20-13)18-6-4-5-7-19-17(24)25/h8-9,19H,4-7H2,1-3H3,(H,18,20)(H,24,25). The third-order valence-electron chi connectivity index (χ3n) is 4.15. The molecule has 9 heteroatoms. The van der Waals surface area contributed by atoms with E-state index in [4.69, 9.17) is 14.8 Å². The van der Waals surface area contributed by atoms with Crippen molar-refractivity contribution in [1.82, 2.24) is 24.9 Å². The Morgan fingerprint density at radius 3 is 2.73 bits per heavy atom. The number of anilines is 1. The molecule has 0 unspecified atom stereocenters. The molecule has 2 aromatic heterocycles. The number of fused-ring (bicyclic) bond motifs is 3. The fraction of sp³-hybridized carbons (Fsp3) is 0.412. The molecule has 138 valence electrons. The number of nitrogens with zero attached hydrogens (tertiary/aromatic N) is 4. The molecule has 0 aliphatic heterocycles. The second-order valence-corrected chi connectivity index (χ2v) is 6.04. The van der Waals surface area contributed by atoms with E-state index >= 15 is 0 Å². The molecule has 3 N–H and O–H groups in total. The highest BCUT2D eigenvalue weighted by Gasteiger charge is 2.15. The van der Waals surface area contributed by atoms with Crippen LogP contribution in [0, 0.1) is 13.8 Å². The van der Waals surface area contributed by atoms with Gasteiger partial charge in [-0.1, -0.05) is 0 Å². The Morgan fingerprint density at radius 2 is 2.00 bits per heavy atom. The van der Waals surface area contributed by atoms with Crippen LogP contribution in [0.15, 0.2) is 12.1 Å². The Balaban J connectivity index is 1.88. The molecule has 1 amide bonds. The van der Waals surface area contributed by atoms with Crippen LogP contribution in [0.2, 0.25) is 0 Å². The lowest BCUT2D eigenvalue weighted by molar-refractivity contribution is 0.194. The number of carbonyl (C=O) groups is 1. The van der Waals surface area contributed by atoms with Crippen LogP contribution in [0.4, 0.5) is 10.6 Å². The highest BCUT2D eigenvalue weighted by atomic mass is 16.5. The van der Waals surface area contributed by atoms with E-state index in [1.165, 1.54) is 0 Å². The molecule has 0 aliphatic carbocycles.